The maximum absolute atomic E-state index is 5.97. The summed E-state index contributed by atoms with van der Waals surface area (Å²) in [6, 6.07) is 0.142. The lowest BCUT2D eigenvalue weighted by atomic mass is 9.81. The second kappa shape index (κ2) is 7.27. The van der Waals surface area contributed by atoms with Crippen LogP contribution in [0, 0.1) is 5.41 Å². The summed E-state index contributed by atoms with van der Waals surface area (Å²) in [6.07, 6.45) is 8.71. The molecule has 2 unspecified atom stereocenters. The van der Waals surface area contributed by atoms with Gasteiger partial charge in [0.05, 0.1) is 12.1 Å². The summed E-state index contributed by atoms with van der Waals surface area (Å²) >= 11 is 0. The summed E-state index contributed by atoms with van der Waals surface area (Å²) in [7, 11) is 0. The molecule has 18 heavy (non-hydrogen) atoms. The van der Waals surface area contributed by atoms with Crippen molar-refractivity contribution in [1.29, 1.82) is 0 Å². The van der Waals surface area contributed by atoms with Crippen LogP contribution in [0.4, 0.5) is 0 Å². The maximum Gasteiger partial charge on any atom is 0.0827 e. The van der Waals surface area contributed by atoms with E-state index in [-0.39, 0.29) is 17.6 Å². The standard InChI is InChI=1S/C15H30N2O/c1-5-18-14(15(2,3)4)13(17-16)12-10-8-6-7-9-11-12/h10,13-14,17H,5-9,11,16H2,1-4H3. The summed E-state index contributed by atoms with van der Waals surface area (Å²) in [6.45, 7) is 9.43. The molecule has 0 aromatic carbocycles. The van der Waals surface area contributed by atoms with Crippen molar-refractivity contribution < 1.29 is 4.74 Å². The third-order valence-electron chi connectivity index (χ3n) is 3.66. The maximum atomic E-state index is 5.97. The van der Waals surface area contributed by atoms with Crippen LogP contribution in [0.5, 0.6) is 0 Å². The van der Waals surface area contributed by atoms with Gasteiger partial charge in [0.25, 0.3) is 0 Å². The molecule has 0 amide bonds. The fourth-order valence-electron chi connectivity index (χ4n) is 2.74. The SMILES string of the molecule is CCOC(C(NN)C1=CCCCCC1)C(C)(C)C. The van der Waals surface area contributed by atoms with Crippen molar-refractivity contribution in [3.8, 4) is 0 Å². The number of hydrazine groups is 1. The minimum absolute atomic E-state index is 0.0835. The fraction of sp³-hybridized carbons (Fsp3) is 0.867. The quantitative estimate of drug-likeness (QED) is 0.450. The molecule has 0 saturated carbocycles. The van der Waals surface area contributed by atoms with Gasteiger partial charge >= 0.3 is 0 Å². The van der Waals surface area contributed by atoms with Crippen LogP contribution in [0.25, 0.3) is 0 Å². The summed E-state index contributed by atoms with van der Waals surface area (Å²) < 4.78 is 5.97. The van der Waals surface area contributed by atoms with Gasteiger partial charge in [0.2, 0.25) is 0 Å². The first kappa shape index (κ1) is 15.7. The fourth-order valence-corrected chi connectivity index (χ4v) is 2.74. The van der Waals surface area contributed by atoms with E-state index in [1.54, 1.807) is 0 Å². The van der Waals surface area contributed by atoms with Gasteiger partial charge in [0.1, 0.15) is 0 Å². The molecule has 3 N–H and O–H groups in total. The van der Waals surface area contributed by atoms with E-state index in [1.165, 1.54) is 31.3 Å². The molecule has 3 nitrogen and oxygen atoms in total. The van der Waals surface area contributed by atoms with Gasteiger partial charge in [-0.1, -0.05) is 38.8 Å². The molecule has 0 spiro atoms. The van der Waals surface area contributed by atoms with E-state index >= 15 is 0 Å². The molecular formula is C15H30N2O. The number of hydrogen-bond acceptors (Lipinski definition) is 3. The Kier molecular flexibility index (Phi) is 6.33. The lowest BCUT2D eigenvalue weighted by Crippen LogP contribution is -2.51. The first-order valence-corrected chi connectivity index (χ1v) is 7.27. The Morgan fingerprint density at radius 2 is 2.06 bits per heavy atom. The second-order valence-corrected chi connectivity index (χ2v) is 6.26. The van der Waals surface area contributed by atoms with Crippen LogP contribution in [0.3, 0.4) is 0 Å². The van der Waals surface area contributed by atoms with Crippen LogP contribution in [-0.4, -0.2) is 18.8 Å². The Labute approximate surface area is 112 Å². The van der Waals surface area contributed by atoms with Crippen LogP contribution in [-0.2, 0) is 4.74 Å². The topological polar surface area (TPSA) is 47.3 Å². The molecule has 0 radical (unpaired) electrons. The van der Waals surface area contributed by atoms with Gasteiger partial charge in [-0.2, -0.15) is 0 Å². The van der Waals surface area contributed by atoms with Crippen LogP contribution >= 0.6 is 0 Å². The highest BCUT2D eigenvalue weighted by molar-refractivity contribution is 5.15. The lowest BCUT2D eigenvalue weighted by Gasteiger charge is -2.37. The number of rotatable bonds is 5. The largest absolute Gasteiger partial charge is 0.376 e. The molecule has 106 valence electrons. The van der Waals surface area contributed by atoms with Gasteiger partial charge in [-0.3, -0.25) is 11.3 Å². The second-order valence-electron chi connectivity index (χ2n) is 6.26. The molecule has 0 fully saturated rings. The van der Waals surface area contributed by atoms with Crippen LogP contribution in [0.15, 0.2) is 11.6 Å². The molecule has 3 heteroatoms. The molecule has 0 bridgehead atoms. The van der Waals surface area contributed by atoms with Gasteiger partial charge in [-0.15, -0.1) is 0 Å². The van der Waals surface area contributed by atoms with E-state index in [4.69, 9.17) is 10.6 Å². The molecule has 1 rings (SSSR count). The number of nitrogens with two attached hydrogens (primary N) is 1. The highest BCUT2D eigenvalue weighted by atomic mass is 16.5. The van der Waals surface area contributed by atoms with Crippen molar-refractivity contribution in [2.24, 2.45) is 11.3 Å². The van der Waals surface area contributed by atoms with Crippen molar-refractivity contribution >= 4 is 0 Å². The van der Waals surface area contributed by atoms with E-state index in [0.717, 1.165) is 13.0 Å². The highest BCUT2D eigenvalue weighted by Crippen LogP contribution is 2.31. The van der Waals surface area contributed by atoms with Crippen molar-refractivity contribution in [3.63, 3.8) is 0 Å². The summed E-state index contributed by atoms with van der Waals surface area (Å²) in [4.78, 5) is 0. The third-order valence-corrected chi connectivity index (χ3v) is 3.66. The average molecular weight is 254 g/mol. The smallest absolute Gasteiger partial charge is 0.0827 e. The molecule has 2 atom stereocenters. The van der Waals surface area contributed by atoms with Gasteiger partial charge in [0.15, 0.2) is 0 Å². The molecule has 0 aromatic rings. The minimum atomic E-state index is 0.0835. The van der Waals surface area contributed by atoms with Gasteiger partial charge in [0, 0.05) is 6.61 Å². The molecular weight excluding hydrogens is 224 g/mol. The number of allylic oxidation sites excluding steroid dienone is 1. The van der Waals surface area contributed by atoms with Gasteiger partial charge in [-0.05, 0) is 38.0 Å². The van der Waals surface area contributed by atoms with E-state index in [9.17, 15) is 0 Å². The molecule has 0 aromatic heterocycles. The summed E-state index contributed by atoms with van der Waals surface area (Å²) in [5.41, 5.74) is 4.51. The minimum Gasteiger partial charge on any atom is -0.376 e. The van der Waals surface area contributed by atoms with Gasteiger partial charge < -0.3 is 4.74 Å². The van der Waals surface area contributed by atoms with E-state index in [2.05, 4.69) is 32.3 Å². The number of hydrogen-bond donors (Lipinski definition) is 2. The van der Waals surface area contributed by atoms with Crippen molar-refractivity contribution in [1.82, 2.24) is 5.43 Å². The summed E-state index contributed by atoms with van der Waals surface area (Å²) in [5.74, 6) is 5.81. The Bertz CT molecular complexity index is 268. The van der Waals surface area contributed by atoms with Crippen LogP contribution < -0.4 is 11.3 Å². The first-order chi connectivity index (χ1) is 8.50. The molecule has 1 aliphatic rings. The number of ether oxygens (including phenoxy) is 1. The Morgan fingerprint density at radius 3 is 2.61 bits per heavy atom. The Hall–Kier alpha value is -0.380. The highest BCUT2D eigenvalue weighted by Gasteiger charge is 2.34. The molecule has 0 saturated heterocycles. The zero-order chi connectivity index (χ0) is 13.6. The predicted octanol–water partition coefficient (Wildman–Crippen LogP) is 3.16. The number of nitrogens with one attached hydrogen (secondary N) is 1. The summed E-state index contributed by atoms with van der Waals surface area (Å²) in [5, 5.41) is 0. The Balaban J connectivity index is 2.86. The molecule has 0 heterocycles. The zero-order valence-corrected chi connectivity index (χ0v) is 12.5. The van der Waals surface area contributed by atoms with Crippen molar-refractivity contribution in [2.75, 3.05) is 6.61 Å². The monoisotopic (exact) mass is 254 g/mol. The molecule has 0 aliphatic heterocycles. The zero-order valence-electron chi connectivity index (χ0n) is 12.5. The van der Waals surface area contributed by atoms with Crippen molar-refractivity contribution in [2.45, 2.75) is 71.9 Å². The van der Waals surface area contributed by atoms with E-state index < -0.39 is 0 Å². The van der Waals surface area contributed by atoms with Crippen LogP contribution in [0.2, 0.25) is 0 Å². The molecule has 1 aliphatic carbocycles. The van der Waals surface area contributed by atoms with Crippen LogP contribution in [0.1, 0.15) is 59.8 Å². The van der Waals surface area contributed by atoms with Crippen molar-refractivity contribution in [3.05, 3.63) is 11.6 Å². The van der Waals surface area contributed by atoms with E-state index in [1.807, 2.05) is 6.92 Å². The van der Waals surface area contributed by atoms with E-state index in [0.29, 0.717) is 0 Å². The lowest BCUT2D eigenvalue weighted by molar-refractivity contribution is -0.0285. The third kappa shape index (κ3) is 4.38. The normalized spacial score (nSPS) is 21.1. The van der Waals surface area contributed by atoms with Gasteiger partial charge in [-0.25, -0.2) is 0 Å². The predicted molar refractivity (Wildman–Crippen MR) is 77.1 cm³/mol. The average Bonchev–Trinajstić information content (AvgIpc) is 2.56. The first-order valence-electron chi connectivity index (χ1n) is 7.27. The Morgan fingerprint density at radius 1 is 1.33 bits per heavy atom.